The van der Waals surface area contributed by atoms with Gasteiger partial charge in [-0.05, 0) is 47.7 Å². The van der Waals surface area contributed by atoms with Gasteiger partial charge in [0.2, 0.25) is 5.95 Å². The van der Waals surface area contributed by atoms with Gasteiger partial charge in [-0.2, -0.15) is 0 Å². The van der Waals surface area contributed by atoms with Crippen LogP contribution in [0.1, 0.15) is 35.9 Å². The van der Waals surface area contributed by atoms with Gasteiger partial charge in [-0.1, -0.05) is 42.5 Å². The van der Waals surface area contributed by atoms with Crippen molar-refractivity contribution in [1.29, 1.82) is 0 Å². The SMILES string of the molecule is O=C1C[C@@H](c2ccccc2)CC2=C1[C@@H](c1ccncc1)n1c(nc3ccccc31)N2. The summed E-state index contributed by atoms with van der Waals surface area (Å²) in [4.78, 5) is 22.5. The molecule has 1 aliphatic heterocycles. The number of Topliss-reactive ketones (excluding diaryl/α,β-unsaturated/α-hetero) is 1. The molecule has 2 aromatic carbocycles. The normalized spacial score (nSPS) is 20.6. The molecule has 5 heteroatoms. The van der Waals surface area contributed by atoms with Crippen molar-refractivity contribution in [3.63, 3.8) is 0 Å². The quantitative estimate of drug-likeness (QED) is 0.530. The number of hydrogen-bond donors (Lipinski definition) is 1. The van der Waals surface area contributed by atoms with Crippen molar-refractivity contribution < 1.29 is 4.79 Å². The summed E-state index contributed by atoms with van der Waals surface area (Å²) < 4.78 is 2.16. The maximum atomic E-state index is 13.5. The third-order valence-electron chi connectivity index (χ3n) is 6.19. The first kappa shape index (κ1) is 17.2. The Hall–Kier alpha value is -3.73. The first-order valence-electron chi connectivity index (χ1n) is 10.2. The van der Waals surface area contributed by atoms with Crippen LogP contribution in [0.15, 0.2) is 90.4 Å². The molecule has 2 atom stereocenters. The van der Waals surface area contributed by atoms with Crippen molar-refractivity contribution in [2.45, 2.75) is 24.8 Å². The molecule has 0 saturated carbocycles. The van der Waals surface area contributed by atoms with Crippen molar-refractivity contribution in [1.82, 2.24) is 14.5 Å². The van der Waals surface area contributed by atoms with Gasteiger partial charge >= 0.3 is 0 Å². The fourth-order valence-corrected chi connectivity index (χ4v) is 4.85. The summed E-state index contributed by atoms with van der Waals surface area (Å²) in [5.74, 6) is 1.17. The zero-order valence-electron chi connectivity index (χ0n) is 16.3. The van der Waals surface area contributed by atoms with Crippen LogP contribution in [-0.2, 0) is 4.79 Å². The number of allylic oxidation sites excluding steroid dienone is 2. The third-order valence-corrected chi connectivity index (χ3v) is 6.19. The molecule has 146 valence electrons. The second-order valence-corrected chi connectivity index (χ2v) is 7.93. The van der Waals surface area contributed by atoms with E-state index in [1.807, 2.05) is 48.5 Å². The molecule has 0 amide bonds. The minimum Gasteiger partial charge on any atom is -0.329 e. The van der Waals surface area contributed by atoms with Gasteiger partial charge in [-0.3, -0.25) is 14.3 Å². The molecule has 0 unspecified atom stereocenters. The van der Waals surface area contributed by atoms with Gasteiger partial charge in [-0.25, -0.2) is 4.98 Å². The molecule has 6 rings (SSSR count). The van der Waals surface area contributed by atoms with Crippen LogP contribution in [0.2, 0.25) is 0 Å². The number of aromatic nitrogens is 3. The Labute approximate surface area is 174 Å². The third kappa shape index (κ3) is 2.59. The van der Waals surface area contributed by atoms with E-state index in [0.717, 1.165) is 40.2 Å². The lowest BCUT2D eigenvalue weighted by Gasteiger charge is -2.36. The minimum absolute atomic E-state index is 0.180. The van der Waals surface area contributed by atoms with Gasteiger partial charge in [0.25, 0.3) is 0 Å². The molecule has 0 saturated heterocycles. The van der Waals surface area contributed by atoms with Crippen LogP contribution in [0.3, 0.4) is 0 Å². The predicted octanol–water partition coefficient (Wildman–Crippen LogP) is 4.85. The fourth-order valence-electron chi connectivity index (χ4n) is 4.85. The Morgan fingerprint density at radius 2 is 1.63 bits per heavy atom. The van der Waals surface area contributed by atoms with Gasteiger partial charge < -0.3 is 5.32 Å². The summed E-state index contributed by atoms with van der Waals surface area (Å²) in [6.07, 6.45) is 4.90. The van der Waals surface area contributed by atoms with Gasteiger partial charge in [0.05, 0.1) is 17.1 Å². The van der Waals surface area contributed by atoms with E-state index in [1.165, 1.54) is 5.56 Å². The molecule has 5 nitrogen and oxygen atoms in total. The summed E-state index contributed by atoms with van der Waals surface area (Å²) >= 11 is 0. The molecule has 0 fully saturated rings. The summed E-state index contributed by atoms with van der Waals surface area (Å²) in [5, 5.41) is 3.51. The summed E-state index contributed by atoms with van der Waals surface area (Å²) in [7, 11) is 0. The molecular weight excluding hydrogens is 372 g/mol. The maximum absolute atomic E-state index is 13.5. The molecule has 4 aromatic rings. The van der Waals surface area contributed by atoms with Crippen molar-refractivity contribution in [3.8, 4) is 0 Å². The van der Waals surface area contributed by atoms with E-state index in [1.54, 1.807) is 12.4 Å². The fraction of sp³-hybridized carbons (Fsp3) is 0.160. The number of pyridine rings is 1. The Morgan fingerprint density at radius 3 is 2.47 bits per heavy atom. The molecule has 0 bridgehead atoms. The second-order valence-electron chi connectivity index (χ2n) is 7.93. The number of nitrogens with one attached hydrogen (secondary N) is 1. The van der Waals surface area contributed by atoms with Crippen LogP contribution in [-0.4, -0.2) is 20.3 Å². The Balaban J connectivity index is 1.54. The first-order valence-corrected chi connectivity index (χ1v) is 10.2. The van der Waals surface area contributed by atoms with Crippen molar-refractivity contribution in [2.75, 3.05) is 5.32 Å². The van der Waals surface area contributed by atoms with E-state index < -0.39 is 0 Å². The maximum Gasteiger partial charge on any atom is 0.209 e. The van der Waals surface area contributed by atoms with E-state index >= 15 is 0 Å². The summed E-state index contributed by atoms with van der Waals surface area (Å²) in [6, 6.07) is 22.2. The molecular formula is C25H20N4O. The number of rotatable bonds is 2. The topological polar surface area (TPSA) is 59.8 Å². The minimum atomic E-state index is -0.198. The van der Waals surface area contributed by atoms with E-state index in [-0.39, 0.29) is 17.7 Å². The summed E-state index contributed by atoms with van der Waals surface area (Å²) in [5.41, 5.74) is 6.04. The van der Waals surface area contributed by atoms with E-state index in [2.05, 4.69) is 33.1 Å². The number of para-hydroxylation sites is 2. The molecule has 2 aliphatic rings. The van der Waals surface area contributed by atoms with Crippen molar-refractivity contribution >= 4 is 22.8 Å². The lowest BCUT2D eigenvalue weighted by atomic mass is 9.78. The predicted molar refractivity (Wildman–Crippen MR) is 116 cm³/mol. The van der Waals surface area contributed by atoms with Gasteiger partial charge in [0.15, 0.2) is 5.78 Å². The highest BCUT2D eigenvalue weighted by Gasteiger charge is 2.39. The number of benzene rings is 2. The Morgan fingerprint density at radius 1 is 0.867 bits per heavy atom. The molecule has 3 heterocycles. The van der Waals surface area contributed by atoms with Crippen LogP contribution in [0, 0.1) is 0 Å². The first-order chi connectivity index (χ1) is 14.8. The number of anilines is 1. The monoisotopic (exact) mass is 392 g/mol. The average molecular weight is 392 g/mol. The number of hydrogen-bond acceptors (Lipinski definition) is 4. The van der Waals surface area contributed by atoms with Crippen molar-refractivity contribution in [2.24, 2.45) is 0 Å². The molecule has 1 aliphatic carbocycles. The number of carbonyl (C=O) groups excluding carboxylic acids is 1. The molecule has 0 radical (unpaired) electrons. The molecule has 30 heavy (non-hydrogen) atoms. The lowest BCUT2D eigenvalue weighted by molar-refractivity contribution is -0.116. The number of fused-ring (bicyclic) bond motifs is 3. The van der Waals surface area contributed by atoms with Gasteiger partial charge in [0, 0.05) is 30.1 Å². The van der Waals surface area contributed by atoms with E-state index in [4.69, 9.17) is 4.98 Å². The smallest absolute Gasteiger partial charge is 0.209 e. The number of ketones is 1. The zero-order valence-corrected chi connectivity index (χ0v) is 16.3. The highest BCUT2D eigenvalue weighted by atomic mass is 16.1. The molecule has 1 N–H and O–H groups in total. The van der Waals surface area contributed by atoms with Gasteiger partial charge in [-0.15, -0.1) is 0 Å². The standard InChI is InChI=1S/C25H20N4O/c30-22-15-18(16-6-2-1-3-7-16)14-20-23(22)24(17-10-12-26-13-11-17)29-21-9-5-4-8-19(21)27-25(29)28-20/h1-13,18,24H,14-15H2,(H,27,28)/t18-,24+/m0/s1. The number of nitrogens with zero attached hydrogens (tertiary/aromatic N) is 3. The Bertz CT molecular complexity index is 1290. The van der Waals surface area contributed by atoms with Crippen LogP contribution < -0.4 is 5.32 Å². The highest BCUT2D eigenvalue weighted by molar-refractivity contribution is 6.01. The average Bonchev–Trinajstić information content (AvgIpc) is 3.17. The van der Waals surface area contributed by atoms with Crippen LogP contribution in [0.5, 0.6) is 0 Å². The largest absolute Gasteiger partial charge is 0.329 e. The zero-order chi connectivity index (χ0) is 20.1. The highest BCUT2D eigenvalue weighted by Crippen LogP contribution is 2.45. The number of imidazole rings is 1. The summed E-state index contributed by atoms with van der Waals surface area (Å²) in [6.45, 7) is 0. The van der Waals surface area contributed by atoms with Crippen LogP contribution in [0.25, 0.3) is 11.0 Å². The lowest BCUT2D eigenvalue weighted by Crippen LogP contribution is -2.33. The number of carbonyl (C=O) groups is 1. The second kappa shape index (κ2) is 6.66. The molecule has 2 aromatic heterocycles. The van der Waals surface area contributed by atoms with Gasteiger partial charge in [0.1, 0.15) is 0 Å². The van der Waals surface area contributed by atoms with Crippen molar-refractivity contribution in [3.05, 3.63) is 102 Å². The Kier molecular flexibility index (Phi) is 3.81. The van der Waals surface area contributed by atoms with Crippen LogP contribution in [0.4, 0.5) is 5.95 Å². The van der Waals surface area contributed by atoms with E-state index in [0.29, 0.717) is 6.42 Å². The molecule has 0 spiro atoms. The van der Waals surface area contributed by atoms with E-state index in [9.17, 15) is 4.79 Å². The van der Waals surface area contributed by atoms with Crippen LogP contribution >= 0.6 is 0 Å².